The Hall–Kier alpha value is -3.26. The van der Waals surface area contributed by atoms with Crippen LogP contribution in [0.15, 0.2) is 97.1 Å². The molecule has 2 aromatic rings. The summed E-state index contributed by atoms with van der Waals surface area (Å²) in [6, 6.07) is 19.6. The molecule has 0 aliphatic carbocycles. The van der Waals surface area contributed by atoms with E-state index in [0.717, 1.165) is 11.1 Å². The fourth-order valence-corrected chi connectivity index (χ4v) is 2.08. The summed E-state index contributed by atoms with van der Waals surface area (Å²) >= 11 is 0. The van der Waals surface area contributed by atoms with Gasteiger partial charge in [-0.3, -0.25) is 9.59 Å². The molecule has 0 aliphatic rings. The van der Waals surface area contributed by atoms with E-state index in [1.165, 1.54) is 12.2 Å². The Morgan fingerprint density at radius 2 is 1.00 bits per heavy atom. The van der Waals surface area contributed by atoms with Gasteiger partial charge in [-0.1, -0.05) is 97.1 Å². The van der Waals surface area contributed by atoms with Crippen molar-refractivity contribution in [2.45, 2.75) is 6.42 Å². The summed E-state index contributed by atoms with van der Waals surface area (Å²) in [5.41, 5.74) is 2.12. The summed E-state index contributed by atoms with van der Waals surface area (Å²) in [5.74, 6) is -0.418. The molecule has 0 saturated heterocycles. The van der Waals surface area contributed by atoms with Crippen LogP contribution in [-0.4, -0.2) is 11.6 Å². The van der Waals surface area contributed by atoms with Gasteiger partial charge in [0.15, 0.2) is 11.6 Å². The lowest BCUT2D eigenvalue weighted by atomic mass is 10.1. The molecule has 0 bridgehead atoms. The van der Waals surface area contributed by atoms with E-state index < -0.39 is 0 Å². The molecule has 0 unspecified atom stereocenters. The van der Waals surface area contributed by atoms with Crippen molar-refractivity contribution in [1.29, 1.82) is 0 Å². The van der Waals surface area contributed by atoms with Crippen molar-refractivity contribution < 1.29 is 9.59 Å². The summed E-state index contributed by atoms with van der Waals surface area (Å²) in [6.07, 6.45) is 13.4. The first-order valence-electron chi connectivity index (χ1n) is 8.09. The van der Waals surface area contributed by atoms with Crippen molar-refractivity contribution in [2.75, 3.05) is 0 Å². The summed E-state index contributed by atoms with van der Waals surface area (Å²) in [4.78, 5) is 23.5. The van der Waals surface area contributed by atoms with Gasteiger partial charge >= 0.3 is 0 Å². The maximum absolute atomic E-state index is 11.7. The van der Waals surface area contributed by atoms with Crippen LogP contribution in [0.1, 0.15) is 17.5 Å². The summed E-state index contributed by atoms with van der Waals surface area (Å²) in [6.45, 7) is 0. The molecule has 2 rings (SSSR count). The highest BCUT2D eigenvalue weighted by molar-refractivity contribution is 6.08. The lowest BCUT2D eigenvalue weighted by molar-refractivity contribution is -0.121. The zero-order valence-corrected chi connectivity index (χ0v) is 13.9. The molecule has 0 aliphatic heterocycles. The molecule has 0 fully saturated rings. The second-order valence-corrected chi connectivity index (χ2v) is 5.37. The maximum atomic E-state index is 11.7. The maximum Gasteiger partial charge on any atom is 0.163 e. The Morgan fingerprint density at radius 1 is 0.600 bits per heavy atom. The van der Waals surface area contributed by atoms with Crippen LogP contribution < -0.4 is 0 Å². The normalized spacial score (nSPS) is 11.8. The molecular weight excluding hydrogens is 308 g/mol. The summed E-state index contributed by atoms with van der Waals surface area (Å²) in [5, 5.41) is 0. The number of benzene rings is 2. The molecule has 0 amide bonds. The van der Waals surface area contributed by atoms with Crippen LogP contribution in [0.3, 0.4) is 0 Å². The number of rotatable bonds is 8. The zero-order valence-electron chi connectivity index (χ0n) is 13.9. The molecule has 0 spiro atoms. The van der Waals surface area contributed by atoms with Crippen LogP contribution in [0.25, 0.3) is 12.2 Å². The minimum Gasteiger partial charge on any atom is -0.294 e. The van der Waals surface area contributed by atoms with Crippen LogP contribution in [0.2, 0.25) is 0 Å². The van der Waals surface area contributed by atoms with Crippen molar-refractivity contribution >= 4 is 23.7 Å². The highest BCUT2D eigenvalue weighted by Gasteiger charge is 2.01. The Labute approximate surface area is 148 Å². The number of hydrogen-bond acceptors (Lipinski definition) is 2. The fourth-order valence-electron chi connectivity index (χ4n) is 2.08. The van der Waals surface area contributed by atoms with E-state index in [-0.39, 0.29) is 18.0 Å². The molecule has 0 heterocycles. The quantitative estimate of drug-likeness (QED) is 0.386. The molecule has 2 aromatic carbocycles. The predicted octanol–water partition coefficient (Wildman–Crippen LogP) is 5.05. The van der Waals surface area contributed by atoms with E-state index in [0.29, 0.717) is 0 Å². The van der Waals surface area contributed by atoms with Gasteiger partial charge in [-0.2, -0.15) is 0 Å². The molecule has 25 heavy (non-hydrogen) atoms. The van der Waals surface area contributed by atoms with Gasteiger partial charge in [0.1, 0.15) is 0 Å². The van der Waals surface area contributed by atoms with Gasteiger partial charge in [0.2, 0.25) is 0 Å². The molecule has 124 valence electrons. The van der Waals surface area contributed by atoms with E-state index >= 15 is 0 Å². The second kappa shape index (κ2) is 10.5. The van der Waals surface area contributed by atoms with Crippen LogP contribution in [0.4, 0.5) is 0 Å². The Morgan fingerprint density at radius 3 is 1.40 bits per heavy atom. The van der Waals surface area contributed by atoms with Crippen molar-refractivity contribution in [1.82, 2.24) is 0 Å². The first-order chi connectivity index (χ1) is 12.2. The van der Waals surface area contributed by atoms with Gasteiger partial charge in [0.05, 0.1) is 6.42 Å². The van der Waals surface area contributed by atoms with Gasteiger partial charge in [-0.25, -0.2) is 0 Å². The molecule has 2 heteroatoms. The van der Waals surface area contributed by atoms with Crippen LogP contribution >= 0.6 is 0 Å². The minimum atomic E-state index is -0.209. The molecule has 2 nitrogen and oxygen atoms in total. The molecule has 0 N–H and O–H groups in total. The average molecular weight is 328 g/mol. The van der Waals surface area contributed by atoms with Gasteiger partial charge in [-0.15, -0.1) is 0 Å². The first-order valence-corrected chi connectivity index (χ1v) is 8.09. The van der Waals surface area contributed by atoms with E-state index in [2.05, 4.69) is 0 Å². The summed E-state index contributed by atoms with van der Waals surface area (Å²) in [7, 11) is 0. The van der Waals surface area contributed by atoms with Gasteiger partial charge in [-0.05, 0) is 23.3 Å². The van der Waals surface area contributed by atoms with Gasteiger partial charge in [0, 0.05) is 0 Å². The smallest absolute Gasteiger partial charge is 0.163 e. The SMILES string of the molecule is O=C(/C=C/C=C/c1ccccc1)CC(=O)/C=C/C=C/c1ccccc1. The molecule has 0 radical (unpaired) electrons. The highest BCUT2D eigenvalue weighted by Crippen LogP contribution is 2.02. The third kappa shape index (κ3) is 7.71. The summed E-state index contributed by atoms with van der Waals surface area (Å²) < 4.78 is 0. The largest absolute Gasteiger partial charge is 0.294 e. The average Bonchev–Trinajstić information content (AvgIpc) is 2.64. The molecule has 0 aromatic heterocycles. The van der Waals surface area contributed by atoms with Crippen LogP contribution in [0, 0.1) is 0 Å². The zero-order chi connectivity index (χ0) is 17.7. The minimum absolute atomic E-state index is 0.120. The molecular formula is C23H20O2. The van der Waals surface area contributed by atoms with Crippen molar-refractivity contribution in [3.63, 3.8) is 0 Å². The van der Waals surface area contributed by atoms with E-state index in [1.807, 2.05) is 72.8 Å². The lowest BCUT2D eigenvalue weighted by Gasteiger charge is -1.91. The van der Waals surface area contributed by atoms with E-state index in [4.69, 9.17) is 0 Å². The number of ketones is 2. The lowest BCUT2D eigenvalue weighted by Crippen LogP contribution is -2.01. The standard InChI is InChI=1S/C23H20O2/c24-22(17-9-7-15-20-11-3-1-4-12-20)19-23(25)18-10-8-16-21-13-5-2-6-14-21/h1-18H,19H2/b15-7+,16-8+,17-9+,18-10+. The predicted molar refractivity (Wildman–Crippen MR) is 104 cm³/mol. The number of hydrogen-bond donors (Lipinski definition) is 0. The Balaban J connectivity index is 1.75. The van der Waals surface area contributed by atoms with Crippen molar-refractivity contribution in [3.8, 4) is 0 Å². The fraction of sp³-hybridized carbons (Fsp3) is 0.0435. The highest BCUT2D eigenvalue weighted by atomic mass is 16.1. The molecule has 0 atom stereocenters. The van der Waals surface area contributed by atoms with Crippen LogP contribution in [-0.2, 0) is 9.59 Å². The van der Waals surface area contributed by atoms with E-state index in [9.17, 15) is 9.59 Å². The third-order valence-corrected chi connectivity index (χ3v) is 3.31. The first kappa shape index (κ1) is 18.1. The van der Waals surface area contributed by atoms with Crippen molar-refractivity contribution in [3.05, 3.63) is 108 Å². The van der Waals surface area contributed by atoms with E-state index in [1.54, 1.807) is 24.3 Å². The number of carbonyl (C=O) groups excluding carboxylic acids is 2. The number of allylic oxidation sites excluding steroid dienone is 6. The monoisotopic (exact) mass is 328 g/mol. The topological polar surface area (TPSA) is 34.1 Å². The number of carbonyl (C=O) groups is 2. The molecule has 0 saturated carbocycles. The third-order valence-electron chi connectivity index (χ3n) is 3.31. The van der Waals surface area contributed by atoms with Gasteiger partial charge < -0.3 is 0 Å². The van der Waals surface area contributed by atoms with Gasteiger partial charge in [0.25, 0.3) is 0 Å². The Bertz CT molecular complexity index is 725. The second-order valence-electron chi connectivity index (χ2n) is 5.37. The van der Waals surface area contributed by atoms with Crippen molar-refractivity contribution in [2.24, 2.45) is 0 Å². The van der Waals surface area contributed by atoms with Crippen LogP contribution in [0.5, 0.6) is 0 Å². The Kier molecular flexibility index (Phi) is 7.60.